The fraction of sp³-hybridized carbons (Fsp3) is 0.455. The molecule has 1 aliphatic rings. The highest BCUT2D eigenvalue weighted by molar-refractivity contribution is 5.98. The Balaban J connectivity index is 2.17. The first kappa shape index (κ1) is 10.3. The van der Waals surface area contributed by atoms with Crippen LogP contribution in [0.25, 0.3) is 0 Å². The van der Waals surface area contributed by atoms with E-state index in [-0.39, 0.29) is 17.7 Å². The number of nitrogens with two attached hydrogens (primary N) is 1. The van der Waals surface area contributed by atoms with E-state index < -0.39 is 0 Å². The Labute approximate surface area is 88.4 Å². The Morgan fingerprint density at radius 1 is 1.53 bits per heavy atom. The van der Waals surface area contributed by atoms with Crippen molar-refractivity contribution in [2.24, 2.45) is 11.7 Å². The molecular weight excluding hydrogens is 192 g/mol. The predicted molar refractivity (Wildman–Crippen MR) is 55.6 cm³/mol. The first-order valence-corrected chi connectivity index (χ1v) is 4.98. The van der Waals surface area contributed by atoms with E-state index in [2.05, 4.69) is 4.98 Å². The highest BCUT2D eigenvalue weighted by Gasteiger charge is 2.31. The summed E-state index contributed by atoms with van der Waals surface area (Å²) in [6.07, 6.45) is 1.60. The van der Waals surface area contributed by atoms with Gasteiger partial charge in [-0.1, -0.05) is 0 Å². The maximum Gasteiger partial charge on any atom is 0.171 e. The van der Waals surface area contributed by atoms with Crippen LogP contribution in [-0.4, -0.2) is 30.0 Å². The van der Waals surface area contributed by atoms with Crippen LogP contribution in [0.5, 0.6) is 0 Å². The molecule has 0 spiro atoms. The van der Waals surface area contributed by atoms with E-state index in [4.69, 9.17) is 10.5 Å². The Morgan fingerprint density at radius 3 is 2.87 bits per heavy atom. The zero-order valence-corrected chi connectivity index (χ0v) is 8.64. The maximum atomic E-state index is 12.0. The third-order valence-corrected chi connectivity index (χ3v) is 2.66. The van der Waals surface area contributed by atoms with Crippen molar-refractivity contribution in [2.45, 2.75) is 13.0 Å². The highest BCUT2D eigenvalue weighted by Crippen LogP contribution is 2.17. The van der Waals surface area contributed by atoms with Crippen LogP contribution in [-0.2, 0) is 4.74 Å². The molecule has 2 heterocycles. The van der Waals surface area contributed by atoms with Crippen molar-refractivity contribution in [1.29, 1.82) is 0 Å². The molecule has 4 heteroatoms. The Hall–Kier alpha value is -1.26. The maximum absolute atomic E-state index is 12.0. The van der Waals surface area contributed by atoms with Gasteiger partial charge in [-0.15, -0.1) is 0 Å². The van der Waals surface area contributed by atoms with E-state index >= 15 is 0 Å². The standard InChI is InChI=1S/C11H14N2O2/c1-7-2-3-8(4-13-7)11(14)9-5-15-6-10(9)12/h2-4,9-10H,5-6,12H2,1H3. The number of hydrogen-bond acceptors (Lipinski definition) is 4. The van der Waals surface area contributed by atoms with Crippen LogP contribution in [0.3, 0.4) is 0 Å². The van der Waals surface area contributed by atoms with Crippen LogP contribution in [0, 0.1) is 12.8 Å². The molecule has 15 heavy (non-hydrogen) atoms. The van der Waals surface area contributed by atoms with Gasteiger partial charge >= 0.3 is 0 Å². The molecule has 1 aromatic heterocycles. The zero-order chi connectivity index (χ0) is 10.8. The minimum absolute atomic E-state index is 0.0347. The fourth-order valence-corrected chi connectivity index (χ4v) is 1.67. The Kier molecular flexibility index (Phi) is 2.79. The van der Waals surface area contributed by atoms with Crippen LogP contribution in [0.4, 0.5) is 0 Å². The smallest absolute Gasteiger partial charge is 0.171 e. The lowest BCUT2D eigenvalue weighted by atomic mass is 9.95. The van der Waals surface area contributed by atoms with Gasteiger partial charge in [0, 0.05) is 23.5 Å². The van der Waals surface area contributed by atoms with Crippen LogP contribution < -0.4 is 5.73 Å². The molecule has 0 radical (unpaired) electrons. The van der Waals surface area contributed by atoms with Gasteiger partial charge in [0.2, 0.25) is 0 Å². The van der Waals surface area contributed by atoms with E-state index in [1.54, 1.807) is 12.3 Å². The number of rotatable bonds is 2. The van der Waals surface area contributed by atoms with Gasteiger partial charge in [0.05, 0.1) is 19.1 Å². The quantitative estimate of drug-likeness (QED) is 0.717. The van der Waals surface area contributed by atoms with Crippen LogP contribution in [0.1, 0.15) is 16.1 Å². The second kappa shape index (κ2) is 4.08. The molecule has 1 aliphatic heterocycles. The van der Waals surface area contributed by atoms with Crippen molar-refractivity contribution >= 4 is 5.78 Å². The second-order valence-electron chi connectivity index (χ2n) is 3.86. The van der Waals surface area contributed by atoms with Crippen LogP contribution >= 0.6 is 0 Å². The summed E-state index contributed by atoms with van der Waals surface area (Å²) in [7, 11) is 0. The lowest BCUT2D eigenvalue weighted by Crippen LogP contribution is -2.34. The van der Waals surface area contributed by atoms with Crippen molar-refractivity contribution in [3.8, 4) is 0 Å². The SMILES string of the molecule is Cc1ccc(C(=O)C2COCC2N)cn1. The van der Waals surface area contributed by atoms with Crippen LogP contribution in [0.2, 0.25) is 0 Å². The minimum Gasteiger partial charge on any atom is -0.379 e. The van der Waals surface area contributed by atoms with Crippen LogP contribution in [0.15, 0.2) is 18.3 Å². The molecule has 0 saturated carbocycles. The lowest BCUT2D eigenvalue weighted by molar-refractivity contribution is 0.0895. The number of pyridine rings is 1. The van der Waals surface area contributed by atoms with E-state index in [1.165, 1.54) is 0 Å². The Morgan fingerprint density at radius 2 is 2.33 bits per heavy atom. The molecule has 0 aliphatic carbocycles. The molecule has 80 valence electrons. The number of ketones is 1. The number of aryl methyl sites for hydroxylation is 1. The first-order valence-electron chi connectivity index (χ1n) is 4.98. The van der Waals surface area contributed by atoms with E-state index in [1.807, 2.05) is 13.0 Å². The van der Waals surface area contributed by atoms with Gasteiger partial charge in [-0.05, 0) is 19.1 Å². The normalized spacial score (nSPS) is 25.5. The van der Waals surface area contributed by atoms with Gasteiger partial charge in [-0.2, -0.15) is 0 Å². The summed E-state index contributed by atoms with van der Waals surface area (Å²) >= 11 is 0. The topological polar surface area (TPSA) is 65.2 Å². The number of Topliss-reactive ketones (excluding diaryl/α,β-unsaturated/α-hetero) is 1. The summed E-state index contributed by atoms with van der Waals surface area (Å²) in [5.41, 5.74) is 7.30. The number of ether oxygens (including phenoxy) is 1. The van der Waals surface area contributed by atoms with Crippen molar-refractivity contribution < 1.29 is 9.53 Å². The van der Waals surface area contributed by atoms with Gasteiger partial charge in [0.1, 0.15) is 0 Å². The summed E-state index contributed by atoms with van der Waals surface area (Å²) in [6.45, 7) is 2.78. The summed E-state index contributed by atoms with van der Waals surface area (Å²) in [5.74, 6) is -0.179. The minimum atomic E-state index is -0.213. The van der Waals surface area contributed by atoms with Crippen molar-refractivity contribution in [2.75, 3.05) is 13.2 Å². The monoisotopic (exact) mass is 206 g/mol. The zero-order valence-electron chi connectivity index (χ0n) is 8.64. The molecular formula is C11H14N2O2. The largest absolute Gasteiger partial charge is 0.379 e. The van der Waals surface area contributed by atoms with Gasteiger partial charge in [-0.25, -0.2) is 0 Å². The molecule has 2 atom stereocenters. The molecule has 1 saturated heterocycles. The average Bonchev–Trinajstić information content (AvgIpc) is 2.65. The Bertz CT molecular complexity index is 361. The summed E-state index contributed by atoms with van der Waals surface area (Å²) in [4.78, 5) is 16.1. The van der Waals surface area contributed by atoms with Crippen molar-refractivity contribution in [3.05, 3.63) is 29.6 Å². The summed E-state index contributed by atoms with van der Waals surface area (Å²) < 4.78 is 5.17. The average molecular weight is 206 g/mol. The molecule has 0 bridgehead atoms. The summed E-state index contributed by atoms with van der Waals surface area (Å²) in [5, 5.41) is 0. The fourth-order valence-electron chi connectivity index (χ4n) is 1.67. The number of aromatic nitrogens is 1. The summed E-state index contributed by atoms with van der Waals surface area (Å²) in [6, 6.07) is 3.43. The molecule has 1 aromatic rings. The molecule has 2 rings (SSSR count). The van der Waals surface area contributed by atoms with Gasteiger partial charge in [0.15, 0.2) is 5.78 Å². The first-order chi connectivity index (χ1) is 7.18. The van der Waals surface area contributed by atoms with E-state index in [0.29, 0.717) is 18.8 Å². The predicted octanol–water partition coefficient (Wildman–Crippen LogP) is 0.546. The second-order valence-corrected chi connectivity index (χ2v) is 3.86. The van der Waals surface area contributed by atoms with Gasteiger partial charge in [0.25, 0.3) is 0 Å². The third-order valence-electron chi connectivity index (χ3n) is 2.66. The lowest BCUT2D eigenvalue weighted by Gasteiger charge is -2.11. The van der Waals surface area contributed by atoms with Gasteiger partial charge < -0.3 is 10.5 Å². The van der Waals surface area contributed by atoms with Gasteiger partial charge in [-0.3, -0.25) is 9.78 Å². The van der Waals surface area contributed by atoms with Crippen molar-refractivity contribution in [3.63, 3.8) is 0 Å². The van der Waals surface area contributed by atoms with E-state index in [0.717, 1.165) is 5.69 Å². The number of hydrogen-bond donors (Lipinski definition) is 1. The third kappa shape index (κ3) is 2.06. The van der Waals surface area contributed by atoms with Crippen molar-refractivity contribution in [1.82, 2.24) is 4.98 Å². The number of carbonyl (C=O) groups excluding carboxylic acids is 1. The highest BCUT2D eigenvalue weighted by atomic mass is 16.5. The molecule has 0 aromatic carbocycles. The molecule has 2 unspecified atom stereocenters. The van der Waals surface area contributed by atoms with E-state index in [9.17, 15) is 4.79 Å². The number of nitrogens with zero attached hydrogens (tertiary/aromatic N) is 1. The number of carbonyl (C=O) groups is 1. The molecule has 1 fully saturated rings. The molecule has 2 N–H and O–H groups in total. The molecule has 4 nitrogen and oxygen atoms in total. The molecule has 0 amide bonds.